The van der Waals surface area contributed by atoms with E-state index in [0.717, 1.165) is 12.1 Å². The molecule has 39 heavy (non-hydrogen) atoms. The number of carbonyl (C=O) groups is 2. The van der Waals surface area contributed by atoms with Crippen LogP contribution in [0.3, 0.4) is 0 Å². The van der Waals surface area contributed by atoms with Crippen molar-refractivity contribution < 1.29 is 28.6 Å². The third-order valence-electron chi connectivity index (χ3n) is 6.70. The standard InChI is InChI=1S/C31H30N2O6/c1-5-16-38-23-10-7-9-22(18-23)33-27(19-12-14-21(15-13-19)32(2)3)26(29(35)31(33)36)28(34)25-17-20-8-6-11-24(37-4)30(20)39-25/h6-15,17-18,27,35H,5,16H2,1-4H3. The Balaban J connectivity index is 1.63. The molecule has 1 atom stereocenters. The average Bonchev–Trinajstić information content (AvgIpc) is 3.50. The minimum absolute atomic E-state index is 0.000594. The molecular weight excluding hydrogens is 496 g/mol. The lowest BCUT2D eigenvalue weighted by Crippen LogP contribution is -2.31. The van der Waals surface area contributed by atoms with Crippen molar-refractivity contribution in [3.8, 4) is 11.5 Å². The number of carbonyl (C=O) groups excluding carboxylic acids is 2. The molecule has 5 rings (SSSR count). The smallest absolute Gasteiger partial charge is 0.294 e. The zero-order valence-corrected chi connectivity index (χ0v) is 22.3. The van der Waals surface area contributed by atoms with Gasteiger partial charge in [0, 0.05) is 36.9 Å². The second kappa shape index (κ2) is 10.6. The molecule has 4 aromatic rings. The Morgan fingerprint density at radius 2 is 1.79 bits per heavy atom. The first-order chi connectivity index (χ1) is 18.8. The molecule has 1 aliphatic heterocycles. The monoisotopic (exact) mass is 526 g/mol. The molecule has 1 amide bonds. The first kappa shape index (κ1) is 25.9. The number of ketones is 1. The van der Waals surface area contributed by atoms with Crippen LogP contribution in [0, 0.1) is 0 Å². The van der Waals surface area contributed by atoms with Crippen LogP contribution in [0.15, 0.2) is 88.5 Å². The summed E-state index contributed by atoms with van der Waals surface area (Å²) >= 11 is 0. The number of aliphatic hydroxyl groups excluding tert-OH is 1. The number of benzene rings is 3. The molecule has 0 bridgehead atoms. The lowest BCUT2D eigenvalue weighted by Gasteiger charge is -2.27. The number of anilines is 2. The lowest BCUT2D eigenvalue weighted by atomic mass is 9.94. The molecule has 0 saturated heterocycles. The summed E-state index contributed by atoms with van der Waals surface area (Å²) < 4.78 is 17.1. The Morgan fingerprint density at radius 3 is 2.49 bits per heavy atom. The van der Waals surface area contributed by atoms with Crippen LogP contribution in [0.4, 0.5) is 11.4 Å². The van der Waals surface area contributed by atoms with Crippen molar-refractivity contribution in [3.63, 3.8) is 0 Å². The van der Waals surface area contributed by atoms with Gasteiger partial charge in [0.2, 0.25) is 5.78 Å². The van der Waals surface area contributed by atoms with Crippen LogP contribution in [-0.2, 0) is 4.79 Å². The van der Waals surface area contributed by atoms with Crippen LogP contribution in [0.25, 0.3) is 11.0 Å². The number of fused-ring (bicyclic) bond motifs is 1. The van der Waals surface area contributed by atoms with Gasteiger partial charge in [-0.05, 0) is 48.4 Å². The Hall–Kier alpha value is -4.72. The second-order valence-electron chi connectivity index (χ2n) is 9.49. The first-order valence-electron chi connectivity index (χ1n) is 12.7. The van der Waals surface area contributed by atoms with Gasteiger partial charge in [-0.2, -0.15) is 0 Å². The molecule has 1 N–H and O–H groups in total. The van der Waals surface area contributed by atoms with Gasteiger partial charge in [-0.1, -0.05) is 37.3 Å². The van der Waals surface area contributed by atoms with Gasteiger partial charge >= 0.3 is 0 Å². The van der Waals surface area contributed by atoms with Crippen molar-refractivity contribution in [2.75, 3.05) is 37.6 Å². The molecule has 2 heterocycles. The summed E-state index contributed by atoms with van der Waals surface area (Å²) in [4.78, 5) is 30.9. The van der Waals surface area contributed by atoms with E-state index in [-0.39, 0.29) is 11.3 Å². The van der Waals surface area contributed by atoms with Crippen molar-refractivity contribution >= 4 is 34.0 Å². The average molecular weight is 527 g/mol. The minimum Gasteiger partial charge on any atom is -0.503 e. The molecule has 0 saturated carbocycles. The highest BCUT2D eigenvalue weighted by molar-refractivity contribution is 6.20. The number of nitrogens with zero attached hydrogens (tertiary/aromatic N) is 2. The second-order valence-corrected chi connectivity index (χ2v) is 9.49. The van der Waals surface area contributed by atoms with E-state index in [2.05, 4.69) is 0 Å². The molecule has 1 aromatic heterocycles. The zero-order valence-electron chi connectivity index (χ0n) is 22.3. The zero-order chi connectivity index (χ0) is 27.7. The van der Waals surface area contributed by atoms with Gasteiger partial charge in [0.15, 0.2) is 22.9 Å². The number of methoxy groups -OCH3 is 1. The molecule has 1 unspecified atom stereocenters. The predicted molar refractivity (Wildman–Crippen MR) is 150 cm³/mol. The molecule has 8 heteroatoms. The van der Waals surface area contributed by atoms with Crippen molar-refractivity contribution in [2.24, 2.45) is 0 Å². The quantitative estimate of drug-likeness (QED) is 0.264. The van der Waals surface area contributed by atoms with E-state index in [9.17, 15) is 14.7 Å². The topological polar surface area (TPSA) is 92.5 Å². The highest BCUT2D eigenvalue weighted by Crippen LogP contribution is 2.43. The summed E-state index contributed by atoms with van der Waals surface area (Å²) in [5.74, 6) is -0.807. The predicted octanol–water partition coefficient (Wildman–Crippen LogP) is 6.08. The maximum atomic E-state index is 14.0. The molecule has 3 aromatic carbocycles. The molecule has 0 aliphatic carbocycles. The van der Waals surface area contributed by atoms with E-state index < -0.39 is 23.5 Å². The number of para-hydroxylation sites is 1. The van der Waals surface area contributed by atoms with Crippen LogP contribution >= 0.6 is 0 Å². The number of aliphatic hydroxyl groups is 1. The van der Waals surface area contributed by atoms with Crippen molar-refractivity contribution in [1.29, 1.82) is 0 Å². The number of ether oxygens (including phenoxy) is 2. The van der Waals surface area contributed by atoms with Crippen molar-refractivity contribution in [3.05, 3.63) is 95.5 Å². The summed E-state index contributed by atoms with van der Waals surface area (Å²) in [7, 11) is 5.38. The minimum atomic E-state index is -0.891. The third kappa shape index (κ3) is 4.69. The van der Waals surface area contributed by atoms with Gasteiger partial charge in [-0.25, -0.2) is 0 Å². The van der Waals surface area contributed by atoms with Crippen LogP contribution < -0.4 is 19.3 Å². The largest absolute Gasteiger partial charge is 0.503 e. The van der Waals surface area contributed by atoms with Crippen LogP contribution in [0.2, 0.25) is 0 Å². The number of furan rings is 1. The van der Waals surface area contributed by atoms with Crippen LogP contribution in [0.1, 0.15) is 35.5 Å². The first-order valence-corrected chi connectivity index (χ1v) is 12.7. The molecule has 1 aliphatic rings. The summed E-state index contributed by atoms with van der Waals surface area (Å²) in [5, 5.41) is 11.8. The van der Waals surface area contributed by atoms with Gasteiger partial charge in [0.25, 0.3) is 5.91 Å². The number of Topliss-reactive ketones (excluding diaryl/α,β-unsaturated/α-hetero) is 1. The van der Waals surface area contributed by atoms with E-state index >= 15 is 0 Å². The molecule has 0 spiro atoms. The number of hydrogen-bond donors (Lipinski definition) is 1. The molecule has 200 valence electrons. The van der Waals surface area contributed by atoms with Gasteiger partial charge in [-0.15, -0.1) is 0 Å². The number of rotatable bonds is 9. The van der Waals surface area contributed by atoms with Gasteiger partial charge in [0.1, 0.15) is 5.75 Å². The van der Waals surface area contributed by atoms with E-state index in [1.165, 1.54) is 12.0 Å². The van der Waals surface area contributed by atoms with E-state index in [1.807, 2.05) is 56.3 Å². The fourth-order valence-corrected chi connectivity index (χ4v) is 4.76. The van der Waals surface area contributed by atoms with Gasteiger partial charge in [-0.3, -0.25) is 14.5 Å². The number of hydrogen-bond acceptors (Lipinski definition) is 7. The Morgan fingerprint density at radius 1 is 1.05 bits per heavy atom. The summed E-state index contributed by atoms with van der Waals surface area (Å²) in [6.45, 7) is 2.53. The molecule has 8 nitrogen and oxygen atoms in total. The van der Waals surface area contributed by atoms with E-state index in [0.29, 0.717) is 40.3 Å². The SMILES string of the molecule is CCCOc1cccc(N2C(=O)C(O)=C(C(=O)c3cc4cccc(OC)c4o3)C2c2ccc(N(C)C)cc2)c1. The lowest BCUT2D eigenvalue weighted by molar-refractivity contribution is -0.117. The third-order valence-corrected chi connectivity index (χ3v) is 6.70. The molecular formula is C31H30N2O6. The van der Waals surface area contributed by atoms with Gasteiger partial charge in [0.05, 0.1) is 25.3 Å². The van der Waals surface area contributed by atoms with Crippen molar-refractivity contribution in [2.45, 2.75) is 19.4 Å². The fourth-order valence-electron chi connectivity index (χ4n) is 4.76. The fraction of sp³-hybridized carbons (Fsp3) is 0.226. The van der Waals surface area contributed by atoms with Crippen LogP contribution in [-0.4, -0.2) is 44.6 Å². The van der Waals surface area contributed by atoms with Crippen molar-refractivity contribution in [1.82, 2.24) is 0 Å². The maximum absolute atomic E-state index is 14.0. The Bertz CT molecular complexity index is 1570. The van der Waals surface area contributed by atoms with E-state index in [4.69, 9.17) is 13.9 Å². The summed E-state index contributed by atoms with van der Waals surface area (Å²) in [6.07, 6.45) is 0.830. The molecule has 0 radical (unpaired) electrons. The normalized spacial score (nSPS) is 15.2. The van der Waals surface area contributed by atoms with Crippen LogP contribution in [0.5, 0.6) is 11.5 Å². The summed E-state index contributed by atoms with van der Waals surface area (Å²) in [5.41, 5.74) is 2.47. The highest BCUT2D eigenvalue weighted by atomic mass is 16.5. The summed E-state index contributed by atoms with van der Waals surface area (Å²) in [6, 6.07) is 20.6. The Labute approximate surface area is 226 Å². The van der Waals surface area contributed by atoms with E-state index in [1.54, 1.807) is 42.5 Å². The number of amides is 1. The Kier molecular flexibility index (Phi) is 7.02. The van der Waals surface area contributed by atoms with Gasteiger partial charge < -0.3 is 23.9 Å². The highest BCUT2D eigenvalue weighted by Gasteiger charge is 2.45. The molecule has 0 fully saturated rings. The maximum Gasteiger partial charge on any atom is 0.294 e.